The van der Waals surface area contributed by atoms with Gasteiger partial charge in [-0.05, 0) is 37.2 Å². The Labute approximate surface area is 123 Å². The average Bonchev–Trinajstić information content (AvgIpc) is 2.33. The van der Waals surface area contributed by atoms with Crippen molar-refractivity contribution in [2.24, 2.45) is 0 Å². The minimum atomic E-state index is -1.73. The van der Waals surface area contributed by atoms with Gasteiger partial charge < -0.3 is 9.74 Å². The monoisotopic (exact) mass is 294 g/mol. The SMILES string of the molecule is Cc1cccc(C(=O)NCCO[Si](C)(C)C(C)(C)C)n1. The fourth-order valence-corrected chi connectivity index (χ4v) is 2.49. The molecule has 1 rings (SSSR count). The Bertz CT molecular complexity index is 467. The molecule has 1 aromatic heterocycles. The summed E-state index contributed by atoms with van der Waals surface area (Å²) in [6.07, 6.45) is 0. The number of hydrogen-bond donors (Lipinski definition) is 1. The number of carbonyl (C=O) groups excluding carboxylic acids is 1. The Hall–Kier alpha value is -1.20. The Morgan fingerprint density at radius 2 is 2.00 bits per heavy atom. The second kappa shape index (κ2) is 6.50. The third kappa shape index (κ3) is 4.72. The number of carbonyl (C=O) groups is 1. The van der Waals surface area contributed by atoms with Crippen LogP contribution >= 0.6 is 0 Å². The molecule has 4 nitrogen and oxygen atoms in total. The molecule has 1 N–H and O–H groups in total. The summed E-state index contributed by atoms with van der Waals surface area (Å²) in [7, 11) is -1.73. The van der Waals surface area contributed by atoms with Gasteiger partial charge >= 0.3 is 0 Å². The van der Waals surface area contributed by atoms with Gasteiger partial charge in [0.15, 0.2) is 8.32 Å². The first-order valence-corrected chi connectivity index (χ1v) is 9.90. The molecule has 0 aliphatic heterocycles. The number of amides is 1. The molecule has 20 heavy (non-hydrogen) atoms. The smallest absolute Gasteiger partial charge is 0.269 e. The Kier molecular flexibility index (Phi) is 5.47. The van der Waals surface area contributed by atoms with Crippen molar-refractivity contribution in [3.05, 3.63) is 29.6 Å². The van der Waals surface area contributed by atoms with Crippen LogP contribution in [0.3, 0.4) is 0 Å². The second-order valence-electron chi connectivity index (χ2n) is 6.53. The van der Waals surface area contributed by atoms with E-state index in [4.69, 9.17) is 4.43 Å². The van der Waals surface area contributed by atoms with E-state index in [1.807, 2.05) is 19.1 Å². The highest BCUT2D eigenvalue weighted by Crippen LogP contribution is 2.36. The van der Waals surface area contributed by atoms with Crippen molar-refractivity contribution in [1.82, 2.24) is 10.3 Å². The fraction of sp³-hybridized carbons (Fsp3) is 0.600. The first kappa shape index (κ1) is 16.9. The van der Waals surface area contributed by atoms with Gasteiger partial charge in [-0.2, -0.15) is 0 Å². The lowest BCUT2D eigenvalue weighted by Crippen LogP contribution is -2.42. The van der Waals surface area contributed by atoms with Crippen molar-refractivity contribution in [2.75, 3.05) is 13.2 Å². The van der Waals surface area contributed by atoms with E-state index in [1.54, 1.807) is 6.07 Å². The average molecular weight is 294 g/mol. The van der Waals surface area contributed by atoms with E-state index in [0.717, 1.165) is 5.69 Å². The molecule has 0 fully saturated rings. The number of nitrogens with one attached hydrogen (secondary N) is 1. The lowest BCUT2D eigenvalue weighted by molar-refractivity contribution is 0.0940. The fourth-order valence-electron chi connectivity index (χ4n) is 1.45. The molecule has 112 valence electrons. The zero-order valence-electron chi connectivity index (χ0n) is 13.4. The molecule has 0 spiro atoms. The van der Waals surface area contributed by atoms with Crippen molar-refractivity contribution in [2.45, 2.75) is 45.8 Å². The Morgan fingerprint density at radius 3 is 2.55 bits per heavy atom. The lowest BCUT2D eigenvalue weighted by atomic mass is 10.2. The van der Waals surface area contributed by atoms with Crippen LogP contribution in [0.15, 0.2) is 18.2 Å². The van der Waals surface area contributed by atoms with Gasteiger partial charge in [0.1, 0.15) is 5.69 Å². The van der Waals surface area contributed by atoms with Gasteiger partial charge in [0.25, 0.3) is 5.91 Å². The van der Waals surface area contributed by atoms with Crippen molar-refractivity contribution >= 4 is 14.2 Å². The van der Waals surface area contributed by atoms with Crippen LogP contribution in [0.5, 0.6) is 0 Å². The molecular formula is C15H26N2O2Si. The molecule has 0 aliphatic rings. The highest BCUT2D eigenvalue weighted by atomic mass is 28.4. The Balaban J connectivity index is 2.40. The van der Waals surface area contributed by atoms with E-state index in [1.165, 1.54) is 0 Å². The predicted octanol–water partition coefficient (Wildman–Crippen LogP) is 3.14. The molecule has 1 aromatic rings. The number of rotatable bonds is 5. The molecule has 1 heterocycles. The van der Waals surface area contributed by atoms with Crippen LogP contribution in [0.2, 0.25) is 18.1 Å². The first-order chi connectivity index (χ1) is 9.13. The zero-order valence-corrected chi connectivity index (χ0v) is 14.4. The molecule has 0 aromatic carbocycles. The van der Waals surface area contributed by atoms with Crippen molar-refractivity contribution < 1.29 is 9.22 Å². The standard InChI is InChI=1S/C15H26N2O2Si/c1-12-8-7-9-13(17-12)14(18)16-10-11-19-20(5,6)15(2,3)4/h7-9H,10-11H2,1-6H3,(H,16,18). The molecule has 0 saturated carbocycles. The van der Waals surface area contributed by atoms with Crippen LogP contribution < -0.4 is 5.32 Å². The molecule has 5 heteroatoms. The molecular weight excluding hydrogens is 268 g/mol. The maximum atomic E-state index is 11.9. The highest BCUT2D eigenvalue weighted by molar-refractivity contribution is 6.74. The summed E-state index contributed by atoms with van der Waals surface area (Å²) in [5, 5.41) is 3.04. The van der Waals surface area contributed by atoms with Gasteiger partial charge in [0.05, 0.1) is 6.61 Å². The molecule has 0 radical (unpaired) electrons. The number of aromatic nitrogens is 1. The molecule has 0 aliphatic carbocycles. The minimum Gasteiger partial charge on any atom is -0.415 e. The molecule has 0 saturated heterocycles. The van der Waals surface area contributed by atoms with E-state index in [0.29, 0.717) is 18.8 Å². The van der Waals surface area contributed by atoms with E-state index in [-0.39, 0.29) is 10.9 Å². The first-order valence-electron chi connectivity index (χ1n) is 6.99. The molecule has 0 atom stereocenters. The number of nitrogens with zero attached hydrogens (tertiary/aromatic N) is 1. The summed E-state index contributed by atoms with van der Waals surface area (Å²) in [5.74, 6) is -0.146. The van der Waals surface area contributed by atoms with Crippen LogP contribution in [-0.4, -0.2) is 32.4 Å². The number of hydrogen-bond acceptors (Lipinski definition) is 3. The maximum absolute atomic E-state index is 11.9. The normalized spacial score (nSPS) is 12.3. The second-order valence-corrected chi connectivity index (χ2v) is 11.3. The van der Waals surface area contributed by atoms with E-state index < -0.39 is 8.32 Å². The van der Waals surface area contributed by atoms with E-state index >= 15 is 0 Å². The van der Waals surface area contributed by atoms with Gasteiger partial charge in [0, 0.05) is 12.2 Å². The topological polar surface area (TPSA) is 51.2 Å². The van der Waals surface area contributed by atoms with Gasteiger partial charge in [0.2, 0.25) is 0 Å². The summed E-state index contributed by atoms with van der Waals surface area (Å²) in [6.45, 7) is 14.0. The molecule has 1 amide bonds. The maximum Gasteiger partial charge on any atom is 0.269 e. The molecule has 0 unspecified atom stereocenters. The Morgan fingerprint density at radius 1 is 1.35 bits per heavy atom. The highest BCUT2D eigenvalue weighted by Gasteiger charge is 2.36. The minimum absolute atomic E-state index is 0.146. The van der Waals surface area contributed by atoms with E-state index in [2.05, 4.69) is 44.2 Å². The number of aryl methyl sites for hydroxylation is 1. The van der Waals surface area contributed by atoms with Gasteiger partial charge in [-0.25, -0.2) is 4.98 Å². The molecule has 0 bridgehead atoms. The van der Waals surface area contributed by atoms with Gasteiger partial charge in [-0.15, -0.1) is 0 Å². The third-order valence-corrected chi connectivity index (χ3v) is 8.32. The van der Waals surface area contributed by atoms with Crippen LogP contribution in [0.1, 0.15) is 37.0 Å². The van der Waals surface area contributed by atoms with E-state index in [9.17, 15) is 4.79 Å². The third-order valence-electron chi connectivity index (χ3n) is 3.78. The predicted molar refractivity (Wildman–Crippen MR) is 84.5 cm³/mol. The van der Waals surface area contributed by atoms with Crippen molar-refractivity contribution in [3.8, 4) is 0 Å². The van der Waals surface area contributed by atoms with Gasteiger partial charge in [-0.1, -0.05) is 26.8 Å². The van der Waals surface area contributed by atoms with Crippen molar-refractivity contribution in [3.63, 3.8) is 0 Å². The largest absolute Gasteiger partial charge is 0.415 e. The lowest BCUT2D eigenvalue weighted by Gasteiger charge is -2.36. The van der Waals surface area contributed by atoms with Crippen LogP contribution in [0.25, 0.3) is 0 Å². The quantitative estimate of drug-likeness (QED) is 0.670. The summed E-state index contributed by atoms with van der Waals surface area (Å²) in [6, 6.07) is 5.43. The van der Waals surface area contributed by atoms with Crippen LogP contribution in [0.4, 0.5) is 0 Å². The summed E-state index contributed by atoms with van der Waals surface area (Å²) < 4.78 is 6.01. The van der Waals surface area contributed by atoms with Crippen molar-refractivity contribution in [1.29, 1.82) is 0 Å². The van der Waals surface area contributed by atoms with Crippen LogP contribution in [0, 0.1) is 6.92 Å². The summed E-state index contributed by atoms with van der Waals surface area (Å²) in [5.41, 5.74) is 1.30. The number of pyridine rings is 1. The van der Waals surface area contributed by atoms with Crippen LogP contribution in [-0.2, 0) is 4.43 Å². The van der Waals surface area contributed by atoms with Gasteiger partial charge in [-0.3, -0.25) is 4.79 Å². The summed E-state index contributed by atoms with van der Waals surface area (Å²) in [4.78, 5) is 16.1. The summed E-state index contributed by atoms with van der Waals surface area (Å²) >= 11 is 0. The zero-order chi connectivity index (χ0) is 15.4.